The quantitative estimate of drug-likeness (QED) is 0.528. The first kappa shape index (κ1) is 18.6. The average Bonchev–Trinajstić information content (AvgIpc) is 3.15. The average molecular weight is 345 g/mol. The molecule has 0 saturated carbocycles. The second-order valence-corrected chi connectivity index (χ2v) is 5.51. The van der Waals surface area contributed by atoms with E-state index in [2.05, 4.69) is 12.2 Å². The van der Waals surface area contributed by atoms with Crippen LogP contribution in [0.1, 0.15) is 42.3 Å². The third-order valence-electron chi connectivity index (χ3n) is 3.48. The van der Waals surface area contributed by atoms with Crippen molar-refractivity contribution in [1.29, 1.82) is 0 Å². The van der Waals surface area contributed by atoms with Crippen LogP contribution >= 0.6 is 0 Å². The number of benzene rings is 1. The van der Waals surface area contributed by atoms with Crippen LogP contribution in [0.2, 0.25) is 0 Å². The molecule has 0 unspecified atom stereocenters. The number of hydrogen-bond donors (Lipinski definition) is 1. The minimum absolute atomic E-state index is 0.257. The van der Waals surface area contributed by atoms with E-state index in [-0.39, 0.29) is 19.1 Å². The topological polar surface area (TPSA) is 77.8 Å². The summed E-state index contributed by atoms with van der Waals surface area (Å²) >= 11 is 0. The van der Waals surface area contributed by atoms with Gasteiger partial charge in [0.25, 0.3) is 5.91 Å². The van der Waals surface area contributed by atoms with E-state index >= 15 is 0 Å². The van der Waals surface area contributed by atoms with Gasteiger partial charge in [-0.25, -0.2) is 4.79 Å². The molecule has 1 aromatic heterocycles. The summed E-state index contributed by atoms with van der Waals surface area (Å²) in [7, 11) is 0. The van der Waals surface area contributed by atoms with E-state index in [1.54, 1.807) is 36.4 Å². The third-order valence-corrected chi connectivity index (χ3v) is 3.48. The standard InChI is InChI=1S/C19H23NO5/c1-2-3-4-11-23-16-9-7-15(8-10-16)19(22)25-14-18(21)20-13-17-6-5-12-24-17/h5-10,12H,2-4,11,13-14H2,1H3,(H,20,21). The molecule has 0 spiro atoms. The number of carbonyl (C=O) groups excluding carboxylic acids is 2. The SMILES string of the molecule is CCCCCOc1ccc(C(=O)OCC(=O)NCc2ccco2)cc1. The second-order valence-electron chi connectivity index (χ2n) is 5.51. The van der Waals surface area contributed by atoms with E-state index in [1.807, 2.05) is 0 Å². The Morgan fingerprint density at radius 3 is 2.60 bits per heavy atom. The molecule has 0 aliphatic heterocycles. The van der Waals surface area contributed by atoms with E-state index < -0.39 is 5.97 Å². The van der Waals surface area contributed by atoms with Crippen molar-refractivity contribution in [3.63, 3.8) is 0 Å². The number of hydrogen-bond acceptors (Lipinski definition) is 5. The predicted molar refractivity (Wildman–Crippen MR) is 92.3 cm³/mol. The van der Waals surface area contributed by atoms with E-state index in [1.165, 1.54) is 6.26 Å². The number of ether oxygens (including phenoxy) is 2. The lowest BCUT2D eigenvalue weighted by Crippen LogP contribution is -2.28. The Balaban J connectivity index is 1.70. The molecule has 0 saturated heterocycles. The number of amides is 1. The fourth-order valence-electron chi connectivity index (χ4n) is 2.09. The van der Waals surface area contributed by atoms with Crippen molar-refractivity contribution in [3.8, 4) is 5.75 Å². The van der Waals surface area contributed by atoms with Gasteiger partial charge in [-0.3, -0.25) is 4.79 Å². The molecule has 0 atom stereocenters. The van der Waals surface area contributed by atoms with Gasteiger partial charge in [0.2, 0.25) is 0 Å². The highest BCUT2D eigenvalue weighted by atomic mass is 16.5. The van der Waals surface area contributed by atoms with Crippen molar-refractivity contribution < 1.29 is 23.5 Å². The highest BCUT2D eigenvalue weighted by molar-refractivity contribution is 5.91. The summed E-state index contributed by atoms with van der Waals surface area (Å²) in [6.07, 6.45) is 4.81. The second kappa shape index (κ2) is 10.2. The van der Waals surface area contributed by atoms with E-state index in [0.717, 1.165) is 19.3 Å². The van der Waals surface area contributed by atoms with Crippen LogP contribution < -0.4 is 10.1 Å². The van der Waals surface area contributed by atoms with Gasteiger partial charge < -0.3 is 19.2 Å². The van der Waals surface area contributed by atoms with Crippen LogP contribution in [0.3, 0.4) is 0 Å². The Labute approximate surface area is 147 Å². The van der Waals surface area contributed by atoms with E-state index in [4.69, 9.17) is 13.9 Å². The number of esters is 1. The highest BCUT2D eigenvalue weighted by Crippen LogP contribution is 2.13. The maximum atomic E-state index is 11.9. The van der Waals surface area contributed by atoms with Gasteiger partial charge in [-0.1, -0.05) is 19.8 Å². The van der Waals surface area contributed by atoms with Gasteiger partial charge >= 0.3 is 5.97 Å². The fourth-order valence-corrected chi connectivity index (χ4v) is 2.09. The van der Waals surface area contributed by atoms with Crippen LogP contribution in [0.15, 0.2) is 47.1 Å². The first-order valence-corrected chi connectivity index (χ1v) is 8.38. The Bertz CT molecular complexity index is 649. The Morgan fingerprint density at radius 2 is 1.92 bits per heavy atom. The number of carbonyl (C=O) groups is 2. The first-order chi connectivity index (χ1) is 12.2. The highest BCUT2D eigenvalue weighted by Gasteiger charge is 2.10. The van der Waals surface area contributed by atoms with Gasteiger partial charge in [0, 0.05) is 0 Å². The summed E-state index contributed by atoms with van der Waals surface area (Å²) in [6, 6.07) is 10.2. The Morgan fingerprint density at radius 1 is 1.12 bits per heavy atom. The first-order valence-electron chi connectivity index (χ1n) is 8.38. The van der Waals surface area contributed by atoms with Crippen LogP contribution in [0, 0.1) is 0 Å². The van der Waals surface area contributed by atoms with Crippen LogP contribution in [0.5, 0.6) is 5.75 Å². The molecule has 2 aromatic rings. The lowest BCUT2D eigenvalue weighted by Gasteiger charge is -2.08. The van der Waals surface area contributed by atoms with Crippen molar-refractivity contribution in [2.45, 2.75) is 32.7 Å². The molecule has 0 radical (unpaired) electrons. The largest absolute Gasteiger partial charge is 0.494 e. The zero-order chi connectivity index (χ0) is 17.9. The lowest BCUT2D eigenvalue weighted by molar-refractivity contribution is -0.124. The Hall–Kier alpha value is -2.76. The number of nitrogens with one attached hydrogen (secondary N) is 1. The molecule has 6 heteroatoms. The third kappa shape index (κ3) is 6.71. The molecular formula is C19H23NO5. The van der Waals surface area contributed by atoms with Crippen LogP contribution in [-0.4, -0.2) is 25.1 Å². The van der Waals surface area contributed by atoms with Gasteiger partial charge in [-0.15, -0.1) is 0 Å². The molecule has 6 nitrogen and oxygen atoms in total. The summed E-state index contributed by atoms with van der Waals surface area (Å²) in [5.74, 6) is 0.407. The molecule has 2 rings (SSSR count). The van der Waals surface area contributed by atoms with Crippen molar-refractivity contribution in [2.24, 2.45) is 0 Å². The van der Waals surface area contributed by atoms with Crippen LogP contribution in [0.25, 0.3) is 0 Å². The Kier molecular flexibility index (Phi) is 7.56. The van der Waals surface area contributed by atoms with E-state index in [0.29, 0.717) is 23.7 Å². The normalized spacial score (nSPS) is 10.3. The summed E-state index contributed by atoms with van der Waals surface area (Å²) in [5.41, 5.74) is 0.375. The van der Waals surface area contributed by atoms with E-state index in [9.17, 15) is 9.59 Å². The van der Waals surface area contributed by atoms with Crippen molar-refractivity contribution >= 4 is 11.9 Å². The molecule has 1 aromatic carbocycles. The van der Waals surface area contributed by atoms with Crippen LogP contribution in [0.4, 0.5) is 0 Å². The van der Waals surface area contributed by atoms with Gasteiger partial charge in [0.05, 0.1) is 25.0 Å². The molecule has 0 bridgehead atoms. The molecule has 134 valence electrons. The summed E-state index contributed by atoms with van der Waals surface area (Å²) in [4.78, 5) is 23.6. The minimum Gasteiger partial charge on any atom is -0.494 e. The molecule has 0 aliphatic rings. The smallest absolute Gasteiger partial charge is 0.338 e. The molecule has 1 amide bonds. The summed E-state index contributed by atoms with van der Waals surface area (Å²) in [5, 5.41) is 2.60. The van der Waals surface area contributed by atoms with Gasteiger partial charge in [0.1, 0.15) is 11.5 Å². The molecule has 1 heterocycles. The molecular weight excluding hydrogens is 322 g/mol. The monoisotopic (exact) mass is 345 g/mol. The maximum absolute atomic E-state index is 11.9. The van der Waals surface area contributed by atoms with Crippen molar-refractivity contribution in [2.75, 3.05) is 13.2 Å². The molecule has 0 aliphatic carbocycles. The fraction of sp³-hybridized carbons (Fsp3) is 0.368. The lowest BCUT2D eigenvalue weighted by atomic mass is 10.2. The summed E-state index contributed by atoms with van der Waals surface area (Å²) < 4.78 is 15.7. The number of rotatable bonds is 10. The van der Waals surface area contributed by atoms with Gasteiger partial charge in [-0.05, 0) is 42.8 Å². The number of furan rings is 1. The number of unbranched alkanes of at least 4 members (excludes halogenated alkanes) is 2. The van der Waals surface area contributed by atoms with Crippen molar-refractivity contribution in [1.82, 2.24) is 5.32 Å². The molecule has 1 N–H and O–H groups in total. The maximum Gasteiger partial charge on any atom is 0.338 e. The van der Waals surface area contributed by atoms with Gasteiger partial charge in [-0.2, -0.15) is 0 Å². The molecule has 25 heavy (non-hydrogen) atoms. The predicted octanol–water partition coefficient (Wildman–Crippen LogP) is 3.32. The van der Waals surface area contributed by atoms with Crippen molar-refractivity contribution in [3.05, 3.63) is 54.0 Å². The zero-order valence-electron chi connectivity index (χ0n) is 14.3. The van der Waals surface area contributed by atoms with Gasteiger partial charge in [0.15, 0.2) is 6.61 Å². The zero-order valence-corrected chi connectivity index (χ0v) is 14.3. The van der Waals surface area contributed by atoms with Crippen LogP contribution in [-0.2, 0) is 16.1 Å². The summed E-state index contributed by atoms with van der Waals surface area (Å²) in [6.45, 7) is 2.72. The minimum atomic E-state index is -0.550. The molecule has 0 fully saturated rings.